The summed E-state index contributed by atoms with van der Waals surface area (Å²) in [6, 6.07) is 0. The number of hydrogen-bond acceptors (Lipinski definition) is 3. The van der Waals surface area contributed by atoms with Crippen molar-refractivity contribution in [1.29, 1.82) is 0 Å². The smallest absolute Gasteiger partial charge is 0.309 e. The third-order valence-electron chi connectivity index (χ3n) is 2.32. The van der Waals surface area contributed by atoms with E-state index in [-0.39, 0.29) is 5.97 Å². The lowest BCUT2D eigenvalue weighted by Gasteiger charge is -2.18. The molecule has 60 valence electrons. The van der Waals surface area contributed by atoms with E-state index in [4.69, 9.17) is 9.47 Å². The number of esters is 1. The second-order valence-corrected chi connectivity index (χ2v) is 3.03. The van der Waals surface area contributed by atoms with E-state index in [1.165, 1.54) is 0 Å². The average Bonchev–Trinajstić information content (AvgIpc) is 2.46. The van der Waals surface area contributed by atoms with Crippen LogP contribution in [0, 0.1) is 0 Å². The van der Waals surface area contributed by atoms with Gasteiger partial charge in [-0.05, 0) is 12.0 Å². The standard InChI is InChI=1S/C8H10O3/c1-6-2-3-11-8(6)4-7(9)10-5-8/h1-5H2. The first kappa shape index (κ1) is 6.85. The van der Waals surface area contributed by atoms with E-state index < -0.39 is 5.60 Å². The molecule has 0 aromatic heterocycles. The number of carbonyl (C=O) groups excluding carboxylic acids is 1. The lowest BCUT2D eigenvalue weighted by Crippen LogP contribution is -2.29. The van der Waals surface area contributed by atoms with Gasteiger partial charge in [-0.1, -0.05) is 6.58 Å². The van der Waals surface area contributed by atoms with Crippen LogP contribution < -0.4 is 0 Å². The molecular weight excluding hydrogens is 144 g/mol. The van der Waals surface area contributed by atoms with Crippen molar-refractivity contribution in [3.05, 3.63) is 12.2 Å². The van der Waals surface area contributed by atoms with Gasteiger partial charge in [0.25, 0.3) is 0 Å². The van der Waals surface area contributed by atoms with Crippen LogP contribution in [0.2, 0.25) is 0 Å². The highest BCUT2D eigenvalue weighted by Crippen LogP contribution is 2.37. The van der Waals surface area contributed by atoms with Crippen LogP contribution in [0.15, 0.2) is 12.2 Å². The first-order chi connectivity index (χ1) is 5.23. The Bertz CT molecular complexity index is 221. The molecule has 0 bridgehead atoms. The van der Waals surface area contributed by atoms with Gasteiger partial charge in [-0.3, -0.25) is 4.79 Å². The summed E-state index contributed by atoms with van der Waals surface area (Å²) in [7, 11) is 0. The van der Waals surface area contributed by atoms with Crippen molar-refractivity contribution < 1.29 is 14.3 Å². The Kier molecular flexibility index (Phi) is 1.29. The molecule has 1 spiro atoms. The molecule has 2 aliphatic rings. The van der Waals surface area contributed by atoms with Gasteiger partial charge >= 0.3 is 5.97 Å². The van der Waals surface area contributed by atoms with Gasteiger partial charge < -0.3 is 9.47 Å². The maximum atomic E-state index is 10.8. The molecule has 0 amide bonds. The van der Waals surface area contributed by atoms with Crippen LogP contribution in [0.25, 0.3) is 0 Å². The Balaban J connectivity index is 2.22. The lowest BCUT2D eigenvalue weighted by atomic mass is 9.94. The maximum absolute atomic E-state index is 10.8. The first-order valence-electron chi connectivity index (χ1n) is 3.71. The van der Waals surface area contributed by atoms with Gasteiger partial charge in [0.1, 0.15) is 12.2 Å². The van der Waals surface area contributed by atoms with Crippen molar-refractivity contribution in [2.45, 2.75) is 18.4 Å². The monoisotopic (exact) mass is 154 g/mol. The lowest BCUT2D eigenvalue weighted by molar-refractivity contribution is -0.137. The van der Waals surface area contributed by atoms with Crippen LogP contribution in [0.4, 0.5) is 0 Å². The van der Waals surface area contributed by atoms with Gasteiger partial charge in [0.15, 0.2) is 0 Å². The maximum Gasteiger partial charge on any atom is 0.309 e. The normalized spacial score (nSPS) is 36.7. The van der Waals surface area contributed by atoms with Crippen LogP contribution in [0.1, 0.15) is 12.8 Å². The second kappa shape index (κ2) is 2.08. The average molecular weight is 154 g/mol. The van der Waals surface area contributed by atoms with Crippen LogP contribution in [0.5, 0.6) is 0 Å². The highest BCUT2D eigenvalue weighted by Gasteiger charge is 2.46. The quantitative estimate of drug-likeness (QED) is 0.379. The van der Waals surface area contributed by atoms with Gasteiger partial charge in [0.05, 0.1) is 13.0 Å². The Morgan fingerprint density at radius 3 is 2.82 bits per heavy atom. The zero-order valence-electron chi connectivity index (χ0n) is 6.26. The molecule has 2 saturated heterocycles. The number of cyclic esters (lactones) is 1. The van der Waals surface area contributed by atoms with Crippen LogP contribution in [0.3, 0.4) is 0 Å². The molecule has 2 fully saturated rings. The van der Waals surface area contributed by atoms with Gasteiger partial charge in [0.2, 0.25) is 0 Å². The number of ether oxygens (including phenoxy) is 2. The summed E-state index contributed by atoms with van der Waals surface area (Å²) in [6.45, 7) is 4.91. The van der Waals surface area contributed by atoms with Crippen LogP contribution >= 0.6 is 0 Å². The molecule has 2 rings (SSSR count). The summed E-state index contributed by atoms with van der Waals surface area (Å²) in [4.78, 5) is 10.8. The molecule has 3 heteroatoms. The third kappa shape index (κ3) is 0.878. The molecule has 0 aromatic rings. The van der Waals surface area contributed by atoms with Crippen molar-refractivity contribution in [2.24, 2.45) is 0 Å². The van der Waals surface area contributed by atoms with Gasteiger partial charge in [-0.15, -0.1) is 0 Å². The van der Waals surface area contributed by atoms with E-state index in [0.29, 0.717) is 19.6 Å². The number of rotatable bonds is 0. The van der Waals surface area contributed by atoms with E-state index in [0.717, 1.165) is 12.0 Å². The minimum Gasteiger partial charge on any atom is -0.462 e. The van der Waals surface area contributed by atoms with E-state index in [2.05, 4.69) is 6.58 Å². The summed E-state index contributed by atoms with van der Waals surface area (Å²) in [5, 5.41) is 0. The topological polar surface area (TPSA) is 35.5 Å². The predicted octanol–water partition coefficient (Wildman–Crippen LogP) is 0.649. The van der Waals surface area contributed by atoms with Crippen molar-refractivity contribution >= 4 is 5.97 Å². The predicted molar refractivity (Wildman–Crippen MR) is 38.0 cm³/mol. The molecule has 0 saturated carbocycles. The molecule has 3 nitrogen and oxygen atoms in total. The van der Waals surface area contributed by atoms with Crippen LogP contribution in [-0.2, 0) is 14.3 Å². The van der Waals surface area contributed by atoms with E-state index in [1.807, 2.05) is 0 Å². The largest absolute Gasteiger partial charge is 0.462 e. The molecular formula is C8H10O3. The van der Waals surface area contributed by atoms with E-state index in [1.54, 1.807) is 0 Å². The molecule has 2 heterocycles. The molecule has 0 aromatic carbocycles. The minimum atomic E-state index is -0.447. The Hall–Kier alpha value is -0.830. The van der Waals surface area contributed by atoms with Crippen molar-refractivity contribution in [1.82, 2.24) is 0 Å². The Morgan fingerprint density at radius 2 is 2.36 bits per heavy atom. The summed E-state index contributed by atoms with van der Waals surface area (Å²) in [6.07, 6.45) is 1.21. The number of carbonyl (C=O) groups is 1. The molecule has 1 unspecified atom stereocenters. The molecule has 1 atom stereocenters. The van der Waals surface area contributed by atoms with Crippen molar-refractivity contribution in [2.75, 3.05) is 13.2 Å². The van der Waals surface area contributed by atoms with Crippen molar-refractivity contribution in [3.63, 3.8) is 0 Å². The Morgan fingerprint density at radius 1 is 1.55 bits per heavy atom. The van der Waals surface area contributed by atoms with Crippen LogP contribution in [-0.4, -0.2) is 24.8 Å². The summed E-state index contributed by atoms with van der Waals surface area (Å²) in [5.74, 6) is -0.173. The number of hydrogen-bond donors (Lipinski definition) is 0. The van der Waals surface area contributed by atoms with Crippen molar-refractivity contribution in [3.8, 4) is 0 Å². The zero-order valence-corrected chi connectivity index (χ0v) is 6.26. The minimum absolute atomic E-state index is 0.173. The molecule has 11 heavy (non-hydrogen) atoms. The second-order valence-electron chi connectivity index (χ2n) is 3.03. The SMILES string of the molecule is C=C1CCOC12COC(=O)C2. The fourth-order valence-corrected chi connectivity index (χ4v) is 1.55. The fraction of sp³-hybridized carbons (Fsp3) is 0.625. The zero-order chi connectivity index (χ0) is 7.90. The third-order valence-corrected chi connectivity index (χ3v) is 2.32. The van der Waals surface area contributed by atoms with Gasteiger partial charge in [-0.25, -0.2) is 0 Å². The highest BCUT2D eigenvalue weighted by atomic mass is 16.6. The van der Waals surface area contributed by atoms with Gasteiger partial charge in [0, 0.05) is 0 Å². The molecule has 0 N–H and O–H groups in total. The summed E-state index contributed by atoms with van der Waals surface area (Å²) < 4.78 is 10.3. The van der Waals surface area contributed by atoms with Gasteiger partial charge in [-0.2, -0.15) is 0 Å². The molecule has 0 aliphatic carbocycles. The highest BCUT2D eigenvalue weighted by molar-refractivity contribution is 5.74. The van der Waals surface area contributed by atoms with E-state index >= 15 is 0 Å². The fourth-order valence-electron chi connectivity index (χ4n) is 1.55. The summed E-state index contributed by atoms with van der Waals surface area (Å²) >= 11 is 0. The molecule has 2 aliphatic heterocycles. The molecule has 0 radical (unpaired) electrons. The Labute approximate surface area is 65.0 Å². The first-order valence-corrected chi connectivity index (χ1v) is 3.71. The van der Waals surface area contributed by atoms with E-state index in [9.17, 15) is 4.79 Å². The summed E-state index contributed by atoms with van der Waals surface area (Å²) in [5.41, 5.74) is 0.556.